The highest BCUT2D eigenvalue weighted by Gasteiger charge is 2.29. The Kier molecular flexibility index (Phi) is 5.37. The molecule has 1 fully saturated rings. The van der Waals surface area contributed by atoms with Crippen LogP contribution in [0.4, 0.5) is 0 Å². The van der Waals surface area contributed by atoms with Crippen molar-refractivity contribution in [3.8, 4) is 0 Å². The van der Waals surface area contributed by atoms with E-state index in [4.69, 9.17) is 0 Å². The van der Waals surface area contributed by atoms with E-state index in [1.54, 1.807) is 0 Å². The topological polar surface area (TPSA) is 51.6 Å². The van der Waals surface area contributed by atoms with Crippen molar-refractivity contribution < 1.29 is 0 Å². The molecule has 0 N–H and O–H groups in total. The van der Waals surface area contributed by atoms with Gasteiger partial charge in [0.05, 0.1) is 22.8 Å². The average Bonchev–Trinajstić information content (AvgIpc) is 3.01. The minimum Gasteiger partial charge on any atom is -0.156 e. The summed E-state index contributed by atoms with van der Waals surface area (Å²) >= 11 is 0. The molecule has 2 aromatic rings. The molecule has 0 saturated heterocycles. The maximum absolute atomic E-state index is 4.32. The number of nitrogens with zero attached hydrogens (tertiary/aromatic N) is 4. The van der Waals surface area contributed by atoms with Crippen LogP contribution in [0.15, 0.2) is 24.3 Å². The number of hydrogen-bond acceptors (Lipinski definition) is 4. The van der Waals surface area contributed by atoms with Crippen molar-refractivity contribution in [3.05, 3.63) is 47.0 Å². The Labute approximate surface area is 127 Å². The second-order valence-electron chi connectivity index (χ2n) is 5.41. The molecule has 4 nitrogen and oxygen atoms in total. The molecule has 0 aromatic carbocycles. The molecule has 0 unspecified atom stereocenters. The Morgan fingerprint density at radius 3 is 1.48 bits per heavy atom. The van der Waals surface area contributed by atoms with E-state index in [1.165, 1.54) is 0 Å². The van der Waals surface area contributed by atoms with Gasteiger partial charge in [0.1, 0.15) is 0 Å². The van der Waals surface area contributed by atoms with Crippen molar-refractivity contribution in [3.63, 3.8) is 0 Å². The predicted octanol–water partition coefficient (Wildman–Crippen LogP) is 3.96. The van der Waals surface area contributed by atoms with Crippen LogP contribution in [-0.2, 0) is 0 Å². The van der Waals surface area contributed by atoms with Crippen LogP contribution in [0.2, 0.25) is 0 Å². The molecule has 0 radical (unpaired) electrons. The quantitative estimate of drug-likeness (QED) is 0.837. The van der Waals surface area contributed by atoms with Gasteiger partial charge in [-0.3, -0.25) is 0 Å². The molecule has 2 aromatic heterocycles. The van der Waals surface area contributed by atoms with Gasteiger partial charge in [-0.05, 0) is 57.4 Å². The average molecular weight is 284 g/mol. The number of rotatable bonds is 2. The minimum absolute atomic E-state index is 0.515. The van der Waals surface area contributed by atoms with E-state index >= 15 is 0 Å². The minimum atomic E-state index is 0.515. The molecule has 0 amide bonds. The number of hydrogen-bond donors (Lipinski definition) is 0. The van der Waals surface area contributed by atoms with Crippen molar-refractivity contribution in [2.24, 2.45) is 0 Å². The first-order valence-corrected chi connectivity index (χ1v) is 7.83. The molecular formula is C17H24N4. The maximum atomic E-state index is 4.32. The summed E-state index contributed by atoms with van der Waals surface area (Å²) in [6, 6.07) is 8.30. The van der Waals surface area contributed by atoms with Crippen molar-refractivity contribution in [1.29, 1.82) is 0 Å². The Morgan fingerprint density at radius 1 is 0.714 bits per heavy atom. The lowest BCUT2D eigenvalue weighted by Gasteiger charge is -2.10. The Morgan fingerprint density at radius 2 is 1.14 bits per heavy atom. The highest BCUT2D eigenvalue weighted by Crippen LogP contribution is 2.42. The van der Waals surface area contributed by atoms with E-state index in [0.29, 0.717) is 11.8 Å². The van der Waals surface area contributed by atoms with E-state index in [2.05, 4.69) is 32.5 Å². The van der Waals surface area contributed by atoms with Crippen molar-refractivity contribution in [1.82, 2.24) is 20.4 Å². The summed E-state index contributed by atoms with van der Waals surface area (Å²) in [5.41, 5.74) is 4.19. The van der Waals surface area contributed by atoms with Crippen LogP contribution in [-0.4, -0.2) is 20.4 Å². The summed E-state index contributed by atoms with van der Waals surface area (Å²) in [4.78, 5) is 0. The van der Waals surface area contributed by atoms with Gasteiger partial charge >= 0.3 is 0 Å². The van der Waals surface area contributed by atoms with Gasteiger partial charge < -0.3 is 0 Å². The lowest BCUT2D eigenvalue weighted by molar-refractivity contribution is 0.639. The Hall–Kier alpha value is -1.84. The third-order valence-corrected chi connectivity index (χ3v) is 3.91. The lowest BCUT2D eigenvalue weighted by atomic mass is 9.99. The first-order valence-electron chi connectivity index (χ1n) is 7.83. The molecule has 2 heterocycles. The molecule has 0 aliphatic heterocycles. The van der Waals surface area contributed by atoms with Crippen molar-refractivity contribution in [2.75, 3.05) is 0 Å². The van der Waals surface area contributed by atoms with Crippen LogP contribution < -0.4 is 0 Å². The van der Waals surface area contributed by atoms with Crippen LogP contribution in [0, 0.1) is 13.8 Å². The fourth-order valence-electron chi connectivity index (χ4n) is 2.77. The van der Waals surface area contributed by atoms with E-state index in [1.807, 2.05) is 39.8 Å². The maximum Gasteiger partial charge on any atom is 0.0662 e. The van der Waals surface area contributed by atoms with Gasteiger partial charge in [-0.15, -0.1) is 0 Å². The van der Waals surface area contributed by atoms with E-state index in [9.17, 15) is 0 Å². The SMILES string of the molecule is CC.Cc1ccc([C@H]2CC[C@H](c3ccc(C)nn3)C2)nn1. The molecule has 4 heteroatoms. The normalized spacial score (nSPS) is 20.8. The van der Waals surface area contributed by atoms with E-state index < -0.39 is 0 Å². The molecule has 112 valence electrons. The lowest BCUT2D eigenvalue weighted by Crippen LogP contribution is -2.02. The summed E-state index contributed by atoms with van der Waals surface area (Å²) < 4.78 is 0. The van der Waals surface area contributed by atoms with Gasteiger partial charge in [0.2, 0.25) is 0 Å². The Balaban J connectivity index is 0.000000774. The zero-order chi connectivity index (χ0) is 15.2. The molecular weight excluding hydrogens is 260 g/mol. The summed E-state index contributed by atoms with van der Waals surface area (Å²) in [6.07, 6.45) is 3.44. The highest BCUT2D eigenvalue weighted by molar-refractivity contribution is 5.17. The first-order chi connectivity index (χ1) is 10.2. The zero-order valence-electron chi connectivity index (χ0n) is 13.4. The van der Waals surface area contributed by atoms with Crippen LogP contribution in [0.25, 0.3) is 0 Å². The summed E-state index contributed by atoms with van der Waals surface area (Å²) in [5.74, 6) is 1.03. The molecule has 0 bridgehead atoms. The second kappa shape index (κ2) is 7.25. The van der Waals surface area contributed by atoms with Gasteiger partial charge in [0.25, 0.3) is 0 Å². The van der Waals surface area contributed by atoms with Crippen LogP contribution in [0.3, 0.4) is 0 Å². The monoisotopic (exact) mass is 284 g/mol. The van der Waals surface area contributed by atoms with Gasteiger partial charge in [-0.25, -0.2) is 0 Å². The van der Waals surface area contributed by atoms with E-state index in [-0.39, 0.29) is 0 Å². The van der Waals surface area contributed by atoms with Gasteiger partial charge in [-0.1, -0.05) is 13.8 Å². The van der Waals surface area contributed by atoms with Crippen LogP contribution in [0.5, 0.6) is 0 Å². The van der Waals surface area contributed by atoms with E-state index in [0.717, 1.165) is 42.0 Å². The molecule has 1 aliphatic carbocycles. The first kappa shape index (κ1) is 15.5. The van der Waals surface area contributed by atoms with Gasteiger partial charge in [0.15, 0.2) is 0 Å². The summed E-state index contributed by atoms with van der Waals surface area (Å²) in [5, 5.41) is 16.9. The smallest absolute Gasteiger partial charge is 0.0662 e. The van der Waals surface area contributed by atoms with Crippen molar-refractivity contribution >= 4 is 0 Å². The second-order valence-corrected chi connectivity index (χ2v) is 5.41. The molecule has 1 saturated carbocycles. The third kappa shape index (κ3) is 3.84. The molecule has 2 atom stereocenters. The highest BCUT2D eigenvalue weighted by atomic mass is 15.1. The zero-order valence-corrected chi connectivity index (χ0v) is 13.4. The predicted molar refractivity (Wildman–Crippen MR) is 84.2 cm³/mol. The van der Waals surface area contributed by atoms with Gasteiger partial charge in [0, 0.05) is 11.8 Å². The summed E-state index contributed by atoms with van der Waals surface area (Å²) in [6.45, 7) is 7.94. The molecule has 3 rings (SSSR count). The Bertz CT molecular complexity index is 497. The van der Waals surface area contributed by atoms with Crippen molar-refractivity contribution in [2.45, 2.75) is 58.8 Å². The van der Waals surface area contributed by atoms with Gasteiger partial charge in [-0.2, -0.15) is 20.4 Å². The third-order valence-electron chi connectivity index (χ3n) is 3.91. The fourth-order valence-corrected chi connectivity index (χ4v) is 2.77. The molecule has 1 aliphatic rings. The number of aryl methyl sites for hydroxylation is 2. The molecule has 0 spiro atoms. The fraction of sp³-hybridized carbons (Fsp3) is 0.529. The standard InChI is InChI=1S/C15H18N4.C2H6/c1-10-3-7-14(18-16-10)12-5-6-13(9-12)15-8-4-11(2)17-19-15;1-2/h3-4,7-8,12-13H,5-6,9H2,1-2H3;1-2H3/t12-,13-;/m0./s1. The van der Waals surface area contributed by atoms with Crippen LogP contribution >= 0.6 is 0 Å². The van der Waals surface area contributed by atoms with Crippen LogP contribution in [0.1, 0.15) is 67.7 Å². The molecule has 21 heavy (non-hydrogen) atoms. The summed E-state index contributed by atoms with van der Waals surface area (Å²) in [7, 11) is 0. The number of aromatic nitrogens is 4. The largest absolute Gasteiger partial charge is 0.156 e.